The van der Waals surface area contributed by atoms with Crippen molar-refractivity contribution in [3.63, 3.8) is 0 Å². The molecule has 0 amide bonds. The zero-order valence-electron chi connectivity index (χ0n) is 10.9. The van der Waals surface area contributed by atoms with Crippen LogP contribution >= 0.6 is 11.6 Å². The van der Waals surface area contributed by atoms with E-state index >= 15 is 0 Å². The predicted molar refractivity (Wildman–Crippen MR) is 75.4 cm³/mol. The first-order valence-electron chi connectivity index (χ1n) is 6.59. The minimum atomic E-state index is 0.237. The van der Waals surface area contributed by atoms with E-state index in [1.54, 1.807) is 6.20 Å². The molecule has 0 spiro atoms. The number of aromatic nitrogens is 4. The highest BCUT2D eigenvalue weighted by Gasteiger charge is 2.21. The molecule has 1 fully saturated rings. The monoisotopic (exact) mass is 280 g/mol. The number of anilines is 1. The van der Waals surface area contributed by atoms with Crippen molar-refractivity contribution in [3.8, 4) is 0 Å². The second kappa shape index (κ2) is 5.30. The maximum atomic E-state index is 5.90. The molecule has 0 radical (unpaired) electrons. The molecule has 3 heterocycles. The van der Waals surface area contributed by atoms with Crippen LogP contribution in [0.3, 0.4) is 0 Å². The molecule has 1 aliphatic heterocycles. The lowest BCUT2D eigenvalue weighted by atomic mass is 10.1. The second-order valence-corrected chi connectivity index (χ2v) is 5.24. The van der Waals surface area contributed by atoms with E-state index in [-0.39, 0.29) is 5.28 Å². The summed E-state index contributed by atoms with van der Waals surface area (Å²) >= 11 is 5.90. The second-order valence-electron chi connectivity index (χ2n) is 4.90. The van der Waals surface area contributed by atoms with Gasteiger partial charge in [0.15, 0.2) is 5.65 Å². The fourth-order valence-electron chi connectivity index (χ4n) is 2.55. The van der Waals surface area contributed by atoms with Gasteiger partial charge in [-0.1, -0.05) is 6.92 Å². The maximum Gasteiger partial charge on any atom is 0.226 e. The summed E-state index contributed by atoms with van der Waals surface area (Å²) in [6, 6.07) is 0. The molecule has 19 heavy (non-hydrogen) atoms. The number of halogens is 1. The van der Waals surface area contributed by atoms with E-state index in [0.29, 0.717) is 11.6 Å². The molecule has 1 unspecified atom stereocenters. The highest BCUT2D eigenvalue weighted by molar-refractivity contribution is 6.28. The summed E-state index contributed by atoms with van der Waals surface area (Å²) in [7, 11) is 0. The molecule has 2 aromatic heterocycles. The maximum absolute atomic E-state index is 5.90. The molecular formula is C12H17ClN6. The Balaban J connectivity index is 1.70. The van der Waals surface area contributed by atoms with Gasteiger partial charge >= 0.3 is 0 Å². The highest BCUT2D eigenvalue weighted by Crippen LogP contribution is 2.22. The average molecular weight is 281 g/mol. The van der Waals surface area contributed by atoms with Gasteiger partial charge in [-0.05, 0) is 37.0 Å². The molecule has 1 atom stereocenters. The van der Waals surface area contributed by atoms with Gasteiger partial charge in [-0.2, -0.15) is 15.1 Å². The van der Waals surface area contributed by atoms with Gasteiger partial charge in [0, 0.05) is 13.1 Å². The summed E-state index contributed by atoms with van der Waals surface area (Å²) in [4.78, 5) is 10.8. The minimum absolute atomic E-state index is 0.237. The lowest BCUT2D eigenvalue weighted by Crippen LogP contribution is -2.22. The largest absolute Gasteiger partial charge is 0.369 e. The Kier molecular flexibility index (Phi) is 3.52. The third-order valence-electron chi connectivity index (χ3n) is 3.66. The lowest BCUT2D eigenvalue weighted by molar-refractivity contribution is 0.345. The quantitative estimate of drug-likeness (QED) is 0.835. The van der Waals surface area contributed by atoms with Crippen molar-refractivity contribution in [2.45, 2.75) is 13.3 Å². The molecule has 0 saturated carbocycles. The Bertz CT molecular complexity index is 568. The Morgan fingerprint density at radius 3 is 3.21 bits per heavy atom. The summed E-state index contributed by atoms with van der Waals surface area (Å²) in [6.45, 7) is 6.58. The number of H-pyrrole nitrogens is 1. The summed E-state index contributed by atoms with van der Waals surface area (Å²) in [5, 5.41) is 11.3. The number of rotatable bonds is 4. The van der Waals surface area contributed by atoms with Crippen molar-refractivity contribution < 1.29 is 0 Å². The van der Waals surface area contributed by atoms with Crippen LogP contribution in [0.4, 0.5) is 5.82 Å². The molecule has 3 rings (SSSR count). The first kappa shape index (κ1) is 12.6. The molecule has 6 nitrogen and oxygen atoms in total. The molecular weight excluding hydrogens is 264 g/mol. The van der Waals surface area contributed by atoms with Gasteiger partial charge in [0.2, 0.25) is 5.28 Å². The molecule has 0 aliphatic carbocycles. The number of hydrogen-bond acceptors (Lipinski definition) is 5. The van der Waals surface area contributed by atoms with Crippen molar-refractivity contribution in [3.05, 3.63) is 11.5 Å². The van der Waals surface area contributed by atoms with Crippen LogP contribution in [0.25, 0.3) is 11.0 Å². The highest BCUT2D eigenvalue weighted by atomic mass is 35.5. The number of likely N-dealkylation sites (tertiary alicyclic amines) is 1. The molecule has 0 aromatic carbocycles. The molecule has 1 aliphatic rings. The topological polar surface area (TPSA) is 69.7 Å². The van der Waals surface area contributed by atoms with Crippen LogP contribution in [0.1, 0.15) is 13.3 Å². The SMILES string of the molecule is CCN1CCC(CNc2nc(Cl)nc3[nH]ncc23)C1. The number of aromatic amines is 1. The van der Waals surface area contributed by atoms with E-state index in [0.717, 1.165) is 30.8 Å². The Morgan fingerprint density at radius 1 is 1.53 bits per heavy atom. The Morgan fingerprint density at radius 2 is 2.42 bits per heavy atom. The normalized spacial score (nSPS) is 20.2. The van der Waals surface area contributed by atoms with Crippen LogP contribution in [-0.4, -0.2) is 51.2 Å². The van der Waals surface area contributed by atoms with E-state index in [9.17, 15) is 0 Å². The van der Waals surface area contributed by atoms with Crippen LogP contribution < -0.4 is 5.32 Å². The van der Waals surface area contributed by atoms with E-state index in [1.807, 2.05) is 0 Å². The first-order chi connectivity index (χ1) is 9.26. The predicted octanol–water partition coefficient (Wildman–Crippen LogP) is 1.76. The fraction of sp³-hybridized carbons (Fsp3) is 0.583. The van der Waals surface area contributed by atoms with Crippen molar-refractivity contribution in [2.75, 3.05) is 31.5 Å². The summed E-state index contributed by atoms with van der Waals surface area (Å²) in [6.07, 6.45) is 2.95. The van der Waals surface area contributed by atoms with E-state index in [4.69, 9.17) is 11.6 Å². The van der Waals surface area contributed by atoms with Gasteiger partial charge < -0.3 is 10.2 Å². The van der Waals surface area contributed by atoms with Gasteiger partial charge in [-0.15, -0.1) is 0 Å². The first-order valence-corrected chi connectivity index (χ1v) is 6.97. The van der Waals surface area contributed by atoms with Gasteiger partial charge in [0.25, 0.3) is 0 Å². The summed E-state index contributed by atoms with van der Waals surface area (Å²) in [5.41, 5.74) is 0.670. The fourth-order valence-corrected chi connectivity index (χ4v) is 2.72. The molecule has 2 N–H and O–H groups in total. The van der Waals surface area contributed by atoms with E-state index in [1.165, 1.54) is 13.0 Å². The van der Waals surface area contributed by atoms with Crippen LogP contribution in [0, 0.1) is 5.92 Å². The summed E-state index contributed by atoms with van der Waals surface area (Å²) in [5.74, 6) is 1.43. The third kappa shape index (κ3) is 2.64. The minimum Gasteiger partial charge on any atom is -0.369 e. The molecule has 1 saturated heterocycles. The Labute approximate surface area is 116 Å². The van der Waals surface area contributed by atoms with Crippen molar-refractivity contribution >= 4 is 28.5 Å². The smallest absolute Gasteiger partial charge is 0.226 e. The molecule has 2 aromatic rings. The number of nitrogens with zero attached hydrogens (tertiary/aromatic N) is 4. The number of nitrogens with one attached hydrogen (secondary N) is 2. The summed E-state index contributed by atoms with van der Waals surface area (Å²) < 4.78 is 0. The van der Waals surface area contributed by atoms with Crippen molar-refractivity contribution in [1.29, 1.82) is 0 Å². The van der Waals surface area contributed by atoms with Crippen molar-refractivity contribution in [2.24, 2.45) is 5.92 Å². The molecule has 0 bridgehead atoms. The standard InChI is InChI=1S/C12H17ClN6/c1-2-19-4-3-8(7-19)5-14-10-9-6-15-18-11(9)17-12(13)16-10/h6,8H,2-5,7H2,1H3,(H2,14,15,16,17,18). The van der Waals surface area contributed by atoms with Crippen LogP contribution in [0.15, 0.2) is 6.20 Å². The van der Waals surface area contributed by atoms with Crippen molar-refractivity contribution in [1.82, 2.24) is 25.1 Å². The van der Waals surface area contributed by atoms with E-state index < -0.39 is 0 Å². The zero-order chi connectivity index (χ0) is 13.2. The van der Waals surface area contributed by atoms with E-state index in [2.05, 4.69) is 37.3 Å². The van der Waals surface area contributed by atoms with Crippen LogP contribution in [-0.2, 0) is 0 Å². The zero-order valence-corrected chi connectivity index (χ0v) is 11.6. The van der Waals surface area contributed by atoms with Gasteiger partial charge in [0.1, 0.15) is 5.82 Å². The lowest BCUT2D eigenvalue weighted by Gasteiger charge is -2.14. The third-order valence-corrected chi connectivity index (χ3v) is 3.83. The molecule has 102 valence electrons. The Hall–Kier alpha value is -1.40. The number of fused-ring (bicyclic) bond motifs is 1. The average Bonchev–Trinajstić information content (AvgIpc) is 3.03. The van der Waals surface area contributed by atoms with Gasteiger partial charge in [-0.25, -0.2) is 0 Å². The van der Waals surface area contributed by atoms with Crippen LogP contribution in [0.5, 0.6) is 0 Å². The number of hydrogen-bond donors (Lipinski definition) is 2. The van der Waals surface area contributed by atoms with Gasteiger partial charge in [-0.3, -0.25) is 5.10 Å². The molecule has 7 heteroatoms. The van der Waals surface area contributed by atoms with Crippen LogP contribution in [0.2, 0.25) is 5.28 Å². The van der Waals surface area contributed by atoms with Gasteiger partial charge in [0.05, 0.1) is 11.6 Å².